The molecule has 1 atom stereocenters. The van der Waals surface area contributed by atoms with Crippen LogP contribution in [0.25, 0.3) is 11.0 Å². The molecule has 0 bridgehead atoms. The number of anilines is 1. The first-order valence-electron chi connectivity index (χ1n) is 12.6. The second kappa shape index (κ2) is 11.2. The zero-order chi connectivity index (χ0) is 25.6. The summed E-state index contributed by atoms with van der Waals surface area (Å²) in [6, 6.07) is 30.9. The van der Waals surface area contributed by atoms with Gasteiger partial charge in [0.25, 0.3) is 0 Å². The van der Waals surface area contributed by atoms with E-state index in [1.807, 2.05) is 36.4 Å². The number of nitrogens with zero attached hydrogens (tertiary/aromatic N) is 5. The highest BCUT2D eigenvalue weighted by Crippen LogP contribution is 2.32. The number of carbonyl (C=O) groups is 1. The molecule has 0 saturated carbocycles. The third-order valence-corrected chi connectivity index (χ3v) is 6.71. The first-order valence-corrected chi connectivity index (χ1v) is 12.6. The number of carbonyl (C=O) groups excluding carboxylic acids is 1. The lowest BCUT2D eigenvalue weighted by Gasteiger charge is -2.40. The van der Waals surface area contributed by atoms with Crippen molar-refractivity contribution < 1.29 is 9.53 Å². The molecule has 0 N–H and O–H groups in total. The number of hydrogen-bond donors (Lipinski definition) is 0. The second-order valence-electron chi connectivity index (χ2n) is 8.98. The lowest BCUT2D eigenvalue weighted by molar-refractivity contribution is -0.143. The molecule has 0 radical (unpaired) electrons. The fraction of sp³-hybridized carbons (Fsp3) is 0.267. The van der Waals surface area contributed by atoms with Crippen molar-refractivity contribution in [3.05, 3.63) is 102 Å². The minimum Gasteiger partial charge on any atom is -0.465 e. The van der Waals surface area contributed by atoms with Gasteiger partial charge in [-0.2, -0.15) is 5.26 Å². The number of piperazine rings is 1. The summed E-state index contributed by atoms with van der Waals surface area (Å²) in [5.74, 6) is -1.15. The van der Waals surface area contributed by atoms with Crippen LogP contribution in [0.5, 0.6) is 0 Å². The lowest BCUT2D eigenvalue weighted by atomic mass is 9.96. The van der Waals surface area contributed by atoms with Crippen molar-refractivity contribution in [2.45, 2.75) is 18.9 Å². The van der Waals surface area contributed by atoms with Gasteiger partial charge in [-0.15, -0.1) is 0 Å². The Morgan fingerprint density at radius 1 is 0.865 bits per heavy atom. The summed E-state index contributed by atoms with van der Waals surface area (Å²) in [5, 5.41) is 9.89. The maximum absolute atomic E-state index is 12.7. The highest BCUT2D eigenvalue weighted by Gasteiger charge is 2.32. The lowest BCUT2D eigenvalue weighted by Crippen LogP contribution is -2.48. The summed E-state index contributed by atoms with van der Waals surface area (Å²) in [5.41, 5.74) is 4.24. The molecule has 1 unspecified atom stereocenters. The van der Waals surface area contributed by atoms with E-state index in [0.29, 0.717) is 30.1 Å². The van der Waals surface area contributed by atoms with Gasteiger partial charge in [-0.3, -0.25) is 9.69 Å². The van der Waals surface area contributed by atoms with Crippen LogP contribution in [0.1, 0.15) is 35.7 Å². The quantitative estimate of drug-likeness (QED) is 0.346. The van der Waals surface area contributed by atoms with Crippen molar-refractivity contribution in [2.24, 2.45) is 0 Å². The van der Waals surface area contributed by atoms with Crippen LogP contribution in [0.15, 0.2) is 84.9 Å². The number of rotatable bonds is 7. The highest BCUT2D eigenvalue weighted by molar-refractivity contribution is 5.85. The number of para-hydroxylation sites is 2. The van der Waals surface area contributed by atoms with E-state index in [1.165, 1.54) is 11.1 Å². The summed E-state index contributed by atoms with van der Waals surface area (Å²) in [4.78, 5) is 26.9. The molecule has 1 aliphatic rings. The molecule has 0 amide bonds. The number of nitriles is 1. The predicted octanol–water partition coefficient (Wildman–Crippen LogP) is 4.71. The Morgan fingerprint density at radius 3 is 1.95 bits per heavy atom. The smallest absolute Gasteiger partial charge is 0.329 e. The van der Waals surface area contributed by atoms with Crippen molar-refractivity contribution in [1.29, 1.82) is 5.26 Å². The summed E-state index contributed by atoms with van der Waals surface area (Å²) < 4.78 is 5.19. The van der Waals surface area contributed by atoms with Gasteiger partial charge >= 0.3 is 5.97 Å². The molecule has 7 nitrogen and oxygen atoms in total. The van der Waals surface area contributed by atoms with Gasteiger partial charge in [-0.05, 0) is 30.2 Å². The van der Waals surface area contributed by atoms with E-state index >= 15 is 0 Å². The minimum absolute atomic E-state index is 0.137. The monoisotopic (exact) mass is 491 g/mol. The van der Waals surface area contributed by atoms with Crippen LogP contribution < -0.4 is 4.90 Å². The Bertz CT molecular complexity index is 1360. The summed E-state index contributed by atoms with van der Waals surface area (Å²) in [7, 11) is 0. The van der Waals surface area contributed by atoms with Crippen molar-refractivity contribution in [3.63, 3.8) is 0 Å². The Hall–Kier alpha value is -4.28. The second-order valence-corrected chi connectivity index (χ2v) is 8.98. The molecule has 0 aliphatic carbocycles. The van der Waals surface area contributed by atoms with Crippen LogP contribution in [0.3, 0.4) is 0 Å². The van der Waals surface area contributed by atoms with E-state index in [9.17, 15) is 10.1 Å². The van der Waals surface area contributed by atoms with Crippen LogP contribution in [0.4, 0.5) is 5.82 Å². The average Bonchev–Trinajstić information content (AvgIpc) is 2.95. The number of aromatic nitrogens is 2. The largest absolute Gasteiger partial charge is 0.465 e. The van der Waals surface area contributed by atoms with Crippen LogP contribution in [-0.2, 0) is 9.53 Å². The molecule has 1 saturated heterocycles. The summed E-state index contributed by atoms with van der Waals surface area (Å²) in [6.45, 7) is 4.90. The maximum atomic E-state index is 12.7. The van der Waals surface area contributed by atoms with E-state index in [-0.39, 0.29) is 12.6 Å². The molecular formula is C30H29N5O2. The average molecular weight is 492 g/mol. The van der Waals surface area contributed by atoms with Crippen LogP contribution in [-0.4, -0.2) is 53.6 Å². The molecular weight excluding hydrogens is 462 g/mol. The Morgan fingerprint density at radius 2 is 1.41 bits per heavy atom. The standard InChI is InChI=1S/C30H29N5O2/c1-2-37-30(36)24(21-31)27-29(33-26-16-10-9-15-25(26)32-27)35-19-17-34(18-20-35)28(22-11-5-3-6-12-22)23-13-7-4-8-14-23/h3-16,24,28H,2,17-20H2,1H3. The van der Waals surface area contributed by atoms with Crippen molar-refractivity contribution >= 4 is 22.8 Å². The van der Waals surface area contributed by atoms with Crippen molar-refractivity contribution in [2.75, 3.05) is 37.7 Å². The minimum atomic E-state index is -1.13. The Labute approximate surface area is 216 Å². The maximum Gasteiger partial charge on any atom is 0.329 e. The molecule has 186 valence electrons. The number of fused-ring (bicyclic) bond motifs is 1. The molecule has 3 aromatic carbocycles. The van der Waals surface area contributed by atoms with Gasteiger partial charge in [0.2, 0.25) is 0 Å². The highest BCUT2D eigenvalue weighted by atomic mass is 16.5. The normalized spacial score (nSPS) is 14.9. The Kier molecular flexibility index (Phi) is 7.38. The van der Waals surface area contributed by atoms with E-state index in [4.69, 9.17) is 14.7 Å². The molecule has 1 aromatic heterocycles. The predicted molar refractivity (Wildman–Crippen MR) is 143 cm³/mol. The molecule has 5 rings (SSSR count). The number of hydrogen-bond acceptors (Lipinski definition) is 7. The fourth-order valence-electron chi connectivity index (χ4n) is 4.96. The van der Waals surface area contributed by atoms with E-state index < -0.39 is 11.9 Å². The van der Waals surface area contributed by atoms with Crippen molar-refractivity contribution in [1.82, 2.24) is 14.9 Å². The third-order valence-electron chi connectivity index (χ3n) is 6.71. The molecule has 2 heterocycles. The van der Waals surface area contributed by atoms with Crippen LogP contribution >= 0.6 is 0 Å². The Balaban J connectivity index is 1.46. The van der Waals surface area contributed by atoms with Gasteiger partial charge in [-0.25, -0.2) is 9.97 Å². The van der Waals surface area contributed by atoms with Gasteiger partial charge in [0.1, 0.15) is 5.69 Å². The third kappa shape index (κ3) is 5.16. The molecule has 37 heavy (non-hydrogen) atoms. The van der Waals surface area contributed by atoms with E-state index in [1.54, 1.807) is 6.92 Å². The van der Waals surface area contributed by atoms with Gasteiger partial charge in [0.15, 0.2) is 11.7 Å². The summed E-state index contributed by atoms with van der Waals surface area (Å²) in [6.07, 6.45) is 0. The molecule has 4 aromatic rings. The first-order chi connectivity index (χ1) is 18.2. The van der Waals surface area contributed by atoms with Crippen LogP contribution in [0, 0.1) is 11.3 Å². The van der Waals surface area contributed by atoms with Gasteiger partial charge in [-0.1, -0.05) is 72.8 Å². The fourth-order valence-corrected chi connectivity index (χ4v) is 4.96. The molecule has 0 spiro atoms. The molecule has 7 heteroatoms. The number of ether oxygens (including phenoxy) is 1. The zero-order valence-corrected chi connectivity index (χ0v) is 20.8. The first kappa shape index (κ1) is 24.4. The van der Waals surface area contributed by atoms with Crippen LogP contribution in [0.2, 0.25) is 0 Å². The van der Waals surface area contributed by atoms with E-state index in [2.05, 4.69) is 64.4 Å². The zero-order valence-electron chi connectivity index (χ0n) is 20.8. The topological polar surface area (TPSA) is 82.3 Å². The molecule has 1 fully saturated rings. The summed E-state index contributed by atoms with van der Waals surface area (Å²) >= 11 is 0. The van der Waals surface area contributed by atoms with Gasteiger partial charge in [0, 0.05) is 26.2 Å². The molecule has 1 aliphatic heterocycles. The number of esters is 1. The van der Waals surface area contributed by atoms with Crippen molar-refractivity contribution in [3.8, 4) is 6.07 Å². The van der Waals surface area contributed by atoms with Gasteiger partial charge in [0.05, 0.1) is 29.8 Å². The van der Waals surface area contributed by atoms with Gasteiger partial charge < -0.3 is 9.64 Å². The SMILES string of the molecule is CCOC(=O)C(C#N)c1nc2ccccc2nc1N1CCN(C(c2ccccc2)c2ccccc2)CC1. The number of benzene rings is 3. The van der Waals surface area contributed by atoms with E-state index in [0.717, 1.165) is 18.6 Å².